The lowest BCUT2D eigenvalue weighted by Gasteiger charge is -2.40. The second-order valence-corrected chi connectivity index (χ2v) is 7.55. The van der Waals surface area contributed by atoms with Crippen LogP contribution in [-0.2, 0) is 17.9 Å². The minimum atomic E-state index is -0.108. The van der Waals surface area contributed by atoms with Gasteiger partial charge in [-0.25, -0.2) is 0 Å². The Morgan fingerprint density at radius 3 is 2.96 bits per heavy atom. The van der Waals surface area contributed by atoms with Crippen LogP contribution in [0.4, 0.5) is 0 Å². The monoisotopic (exact) mass is 347 g/mol. The summed E-state index contributed by atoms with van der Waals surface area (Å²) >= 11 is 0. The molecule has 1 aromatic heterocycles. The number of hydrogen-bond acceptors (Lipinski definition) is 5. The van der Waals surface area contributed by atoms with Gasteiger partial charge in [0.1, 0.15) is 0 Å². The third-order valence-electron chi connectivity index (χ3n) is 5.76. The van der Waals surface area contributed by atoms with Crippen molar-refractivity contribution in [2.24, 2.45) is 0 Å². The molecule has 1 spiro atoms. The van der Waals surface area contributed by atoms with Gasteiger partial charge in [-0.3, -0.25) is 9.48 Å². The number of piperidine rings is 1. The first-order valence-electron chi connectivity index (χ1n) is 9.64. The van der Waals surface area contributed by atoms with E-state index in [1.165, 1.54) is 0 Å². The van der Waals surface area contributed by atoms with Crippen LogP contribution in [0, 0.1) is 0 Å². The Morgan fingerprint density at radius 1 is 1.40 bits per heavy atom. The van der Waals surface area contributed by atoms with Crippen molar-refractivity contribution in [1.29, 1.82) is 0 Å². The maximum absolute atomic E-state index is 13.1. The molecule has 4 heterocycles. The van der Waals surface area contributed by atoms with Crippen molar-refractivity contribution in [1.82, 2.24) is 25.3 Å². The second-order valence-electron chi connectivity index (χ2n) is 7.55. The van der Waals surface area contributed by atoms with Crippen LogP contribution in [0.25, 0.3) is 0 Å². The summed E-state index contributed by atoms with van der Waals surface area (Å²) in [7, 11) is 0. The molecule has 0 radical (unpaired) electrons. The van der Waals surface area contributed by atoms with Crippen molar-refractivity contribution >= 4 is 5.91 Å². The summed E-state index contributed by atoms with van der Waals surface area (Å²) in [5.74, 6) is 0.0665. The molecule has 2 saturated heterocycles. The maximum atomic E-state index is 13.1. The lowest BCUT2D eigenvalue weighted by molar-refractivity contribution is -0.109. The minimum Gasteiger partial charge on any atom is -0.367 e. The molecule has 3 aliphatic heterocycles. The van der Waals surface area contributed by atoms with Crippen LogP contribution in [-0.4, -0.2) is 65.0 Å². The Morgan fingerprint density at radius 2 is 2.24 bits per heavy atom. The van der Waals surface area contributed by atoms with Crippen LogP contribution in [0.15, 0.2) is 6.07 Å². The van der Waals surface area contributed by atoms with Crippen molar-refractivity contribution in [2.75, 3.05) is 32.7 Å². The van der Waals surface area contributed by atoms with Crippen LogP contribution in [0.1, 0.15) is 48.8 Å². The molecule has 2 fully saturated rings. The summed E-state index contributed by atoms with van der Waals surface area (Å²) in [4.78, 5) is 15.1. The Balaban J connectivity index is 1.52. The first-order valence-corrected chi connectivity index (χ1v) is 9.64. The fraction of sp³-hybridized carbons (Fsp3) is 0.778. The van der Waals surface area contributed by atoms with Crippen molar-refractivity contribution in [3.8, 4) is 0 Å². The van der Waals surface area contributed by atoms with Gasteiger partial charge in [0, 0.05) is 19.1 Å². The number of aromatic nitrogens is 2. The molecule has 1 unspecified atom stereocenters. The van der Waals surface area contributed by atoms with Gasteiger partial charge in [0.15, 0.2) is 5.69 Å². The lowest BCUT2D eigenvalue weighted by Crippen LogP contribution is -2.49. The van der Waals surface area contributed by atoms with E-state index in [2.05, 4.69) is 22.7 Å². The summed E-state index contributed by atoms with van der Waals surface area (Å²) < 4.78 is 8.21. The number of nitrogens with one attached hydrogen (secondary N) is 2. The fourth-order valence-electron chi connectivity index (χ4n) is 4.29. The van der Waals surface area contributed by atoms with Crippen LogP contribution >= 0.6 is 0 Å². The van der Waals surface area contributed by atoms with Gasteiger partial charge in [-0.15, -0.1) is 0 Å². The molecule has 0 saturated carbocycles. The van der Waals surface area contributed by atoms with Gasteiger partial charge in [0.2, 0.25) is 0 Å². The maximum Gasteiger partial charge on any atom is 0.274 e. The van der Waals surface area contributed by atoms with Crippen molar-refractivity contribution in [2.45, 2.75) is 57.4 Å². The van der Waals surface area contributed by atoms with E-state index < -0.39 is 0 Å². The number of rotatable bonds is 4. The van der Waals surface area contributed by atoms with Crippen LogP contribution in [0.5, 0.6) is 0 Å². The summed E-state index contributed by atoms with van der Waals surface area (Å²) in [5, 5.41) is 11.4. The van der Waals surface area contributed by atoms with Gasteiger partial charge in [-0.2, -0.15) is 5.10 Å². The van der Waals surface area contributed by atoms with Gasteiger partial charge in [0.05, 0.1) is 24.4 Å². The minimum absolute atomic E-state index is 0.0665. The first-order chi connectivity index (χ1) is 12.2. The van der Waals surface area contributed by atoms with Crippen LogP contribution in [0.2, 0.25) is 0 Å². The number of carbonyl (C=O) groups excluding carboxylic acids is 1. The molecule has 0 aliphatic carbocycles. The molecule has 7 heteroatoms. The van der Waals surface area contributed by atoms with E-state index in [0.29, 0.717) is 12.3 Å². The molecule has 1 aromatic rings. The van der Waals surface area contributed by atoms with Gasteiger partial charge >= 0.3 is 0 Å². The molecular weight excluding hydrogens is 318 g/mol. The zero-order valence-electron chi connectivity index (χ0n) is 15.1. The predicted octanol–water partition coefficient (Wildman–Crippen LogP) is 0.750. The molecular formula is C18H29N5O2. The van der Waals surface area contributed by atoms with Crippen molar-refractivity contribution in [3.63, 3.8) is 0 Å². The lowest BCUT2D eigenvalue weighted by atomic mass is 9.91. The molecule has 4 rings (SSSR count). The Labute approximate surface area is 149 Å². The highest BCUT2D eigenvalue weighted by Crippen LogP contribution is 2.31. The first kappa shape index (κ1) is 17.0. The molecule has 0 aromatic carbocycles. The summed E-state index contributed by atoms with van der Waals surface area (Å²) in [6.07, 6.45) is 4.00. The highest BCUT2D eigenvalue weighted by Gasteiger charge is 2.38. The number of nitrogens with zero attached hydrogens (tertiary/aromatic N) is 3. The molecule has 2 N–H and O–H groups in total. The van der Waals surface area contributed by atoms with E-state index >= 15 is 0 Å². The molecule has 3 aliphatic rings. The third kappa shape index (κ3) is 3.32. The van der Waals surface area contributed by atoms with Crippen LogP contribution < -0.4 is 10.6 Å². The van der Waals surface area contributed by atoms with Gasteiger partial charge in [-0.1, -0.05) is 6.92 Å². The van der Waals surface area contributed by atoms with Crippen molar-refractivity contribution in [3.05, 3.63) is 17.5 Å². The van der Waals surface area contributed by atoms with E-state index in [4.69, 9.17) is 4.74 Å². The summed E-state index contributed by atoms with van der Waals surface area (Å²) in [6, 6.07) is 2.22. The van der Waals surface area contributed by atoms with E-state index in [1.54, 1.807) is 0 Å². The predicted molar refractivity (Wildman–Crippen MR) is 94.5 cm³/mol. The van der Waals surface area contributed by atoms with Gasteiger partial charge in [-0.05, 0) is 51.4 Å². The number of ether oxygens (including phenoxy) is 1. The zero-order chi connectivity index (χ0) is 17.3. The van der Waals surface area contributed by atoms with E-state index in [1.807, 2.05) is 15.6 Å². The SMILES string of the molecule is CCCN(C(=O)c1cc2n(n1)CC1(CCNCC1)OC2)C1CCNC1. The average Bonchev–Trinajstić information content (AvgIpc) is 3.29. The molecule has 0 bridgehead atoms. The molecule has 25 heavy (non-hydrogen) atoms. The molecule has 1 amide bonds. The quantitative estimate of drug-likeness (QED) is 0.841. The fourth-order valence-corrected chi connectivity index (χ4v) is 4.29. The van der Waals surface area contributed by atoms with E-state index in [0.717, 1.165) is 70.6 Å². The zero-order valence-corrected chi connectivity index (χ0v) is 15.1. The third-order valence-corrected chi connectivity index (χ3v) is 5.76. The molecule has 7 nitrogen and oxygen atoms in total. The Kier molecular flexibility index (Phi) is 4.80. The topological polar surface area (TPSA) is 71.4 Å². The van der Waals surface area contributed by atoms with E-state index in [9.17, 15) is 4.79 Å². The summed E-state index contributed by atoms with van der Waals surface area (Å²) in [5.41, 5.74) is 1.49. The largest absolute Gasteiger partial charge is 0.367 e. The standard InChI is InChI=1S/C18H29N5O2/c1-2-9-22(14-3-6-20-11-14)17(24)16-10-15-12-25-18(13-23(15)21-16)4-7-19-8-5-18/h10,14,19-20H,2-9,11-13H2,1H3. The Hall–Kier alpha value is -1.44. The number of hydrogen-bond donors (Lipinski definition) is 2. The number of fused-ring (bicyclic) bond motifs is 1. The number of carbonyl (C=O) groups is 1. The smallest absolute Gasteiger partial charge is 0.274 e. The average molecular weight is 347 g/mol. The van der Waals surface area contributed by atoms with Gasteiger partial charge in [0.25, 0.3) is 5.91 Å². The second kappa shape index (κ2) is 7.05. The van der Waals surface area contributed by atoms with Crippen molar-refractivity contribution < 1.29 is 9.53 Å². The summed E-state index contributed by atoms with van der Waals surface area (Å²) in [6.45, 7) is 8.08. The number of amides is 1. The van der Waals surface area contributed by atoms with Crippen LogP contribution in [0.3, 0.4) is 0 Å². The highest BCUT2D eigenvalue weighted by molar-refractivity contribution is 5.92. The van der Waals surface area contributed by atoms with E-state index in [-0.39, 0.29) is 17.6 Å². The Bertz CT molecular complexity index is 617. The normalized spacial score (nSPS) is 25.1. The highest BCUT2D eigenvalue weighted by atomic mass is 16.5. The molecule has 138 valence electrons. The molecule has 1 atom stereocenters. The van der Waals surface area contributed by atoms with Gasteiger partial charge < -0.3 is 20.3 Å².